The van der Waals surface area contributed by atoms with E-state index in [0.29, 0.717) is 18.3 Å². The molecule has 1 aromatic heterocycles. The van der Waals surface area contributed by atoms with Crippen molar-refractivity contribution < 1.29 is 37.0 Å². The third kappa shape index (κ3) is 6.16. The van der Waals surface area contributed by atoms with Crippen LogP contribution in [0, 0.1) is 17.3 Å². The first-order chi connectivity index (χ1) is 17.1. The number of nitrogens with zero attached hydrogens (tertiary/aromatic N) is 1. The number of pyridine rings is 1. The first kappa shape index (κ1) is 29.9. The normalized spacial score (nSPS) is 29.7. The standard InChI is InChI=1S/C27H43BN4O4.ClH/c1-6-7-8-11-23(28-35-22-15-19-14-21(26(19,3)4)27(22,5)36-28)32-24(33)17(2)31-25(34)20(29)13-18-10-9-12-30-16-18;/h9-10,12,16-17,19-23H,6-8,11,13-15,29H2,1-5H3,(H,31,34)(H,32,33);1H/t17-,19-,20+,21-,22+,23-,27-;/m0./s1. The summed E-state index contributed by atoms with van der Waals surface area (Å²) in [5.41, 5.74) is 4.87. The van der Waals surface area contributed by atoms with Crippen LogP contribution in [-0.4, -0.2) is 53.6 Å². The Balaban J connectivity index is 0.00000380. The van der Waals surface area contributed by atoms with Gasteiger partial charge in [-0.05, 0) is 62.0 Å². The summed E-state index contributed by atoms with van der Waals surface area (Å²) in [6.45, 7) is 10.8. The van der Waals surface area contributed by atoms with Gasteiger partial charge in [0.25, 0.3) is 5.91 Å². The quantitative estimate of drug-likeness (QED) is 0.251. The van der Waals surface area contributed by atoms with Crippen LogP contribution in [0.2, 0.25) is 0 Å². The van der Waals surface area contributed by atoms with E-state index >= 15 is 0 Å². The van der Waals surface area contributed by atoms with Crippen LogP contribution >= 0.6 is 0 Å². The van der Waals surface area contributed by atoms with Gasteiger partial charge in [0, 0.05) is 18.8 Å². The Morgan fingerprint density at radius 3 is 2.62 bits per heavy atom. The molecule has 0 spiro atoms. The SMILES string of the molecule is CCCCC[C@H](NC(=O)[C@H](C)NC(=O)[C@H]([NH3+])Cc1cccnc1)B1O[C@@H]2C[C@@H]3C[C@@H](C3(C)C)[C@]2(C)O1.[Cl-]. The second-order valence-electron chi connectivity index (χ2n) is 11.9. The molecule has 4 aliphatic rings. The number of hydrogen-bond acceptors (Lipinski definition) is 5. The number of halogens is 1. The van der Waals surface area contributed by atoms with Gasteiger partial charge in [-0.1, -0.05) is 46.1 Å². The van der Waals surface area contributed by atoms with Gasteiger partial charge >= 0.3 is 7.12 Å². The molecule has 7 atom stereocenters. The predicted molar refractivity (Wildman–Crippen MR) is 138 cm³/mol. The van der Waals surface area contributed by atoms with Crippen molar-refractivity contribution in [2.24, 2.45) is 17.3 Å². The van der Waals surface area contributed by atoms with Crippen molar-refractivity contribution in [2.75, 3.05) is 0 Å². The van der Waals surface area contributed by atoms with Crippen molar-refractivity contribution in [1.29, 1.82) is 0 Å². The Morgan fingerprint density at radius 2 is 1.97 bits per heavy atom. The molecule has 2 amide bonds. The molecule has 5 N–H and O–H groups in total. The molecule has 0 radical (unpaired) electrons. The fraction of sp³-hybridized carbons (Fsp3) is 0.741. The zero-order chi connectivity index (χ0) is 26.1. The van der Waals surface area contributed by atoms with Crippen LogP contribution in [0.4, 0.5) is 0 Å². The van der Waals surface area contributed by atoms with Crippen LogP contribution in [0.1, 0.15) is 78.7 Å². The Hall–Kier alpha value is -1.68. The van der Waals surface area contributed by atoms with Crippen molar-refractivity contribution in [3.8, 4) is 0 Å². The highest BCUT2D eigenvalue weighted by Gasteiger charge is 2.68. The number of rotatable bonds is 11. The Morgan fingerprint density at radius 1 is 1.22 bits per heavy atom. The van der Waals surface area contributed by atoms with Crippen molar-refractivity contribution in [3.63, 3.8) is 0 Å². The molecule has 2 bridgehead atoms. The first-order valence-electron chi connectivity index (χ1n) is 13.7. The fourth-order valence-corrected chi connectivity index (χ4v) is 6.56. The summed E-state index contributed by atoms with van der Waals surface area (Å²) in [6.07, 6.45) is 10.1. The van der Waals surface area contributed by atoms with Crippen LogP contribution < -0.4 is 28.8 Å². The van der Waals surface area contributed by atoms with Gasteiger partial charge in [-0.25, -0.2) is 0 Å². The minimum atomic E-state index is -0.685. The van der Waals surface area contributed by atoms with Crippen molar-refractivity contribution in [1.82, 2.24) is 15.6 Å². The lowest BCUT2D eigenvalue weighted by Crippen LogP contribution is -3.00. The number of carbonyl (C=O) groups excluding carboxylic acids is 2. The van der Waals surface area contributed by atoms with Gasteiger partial charge in [0.2, 0.25) is 5.91 Å². The van der Waals surface area contributed by atoms with Crippen LogP contribution in [-0.2, 0) is 25.3 Å². The molecule has 3 aliphatic carbocycles. The summed E-state index contributed by atoms with van der Waals surface area (Å²) in [5, 5.41) is 5.98. The van der Waals surface area contributed by atoms with E-state index in [1.807, 2.05) is 12.1 Å². The van der Waals surface area contributed by atoms with Crippen LogP contribution in [0.5, 0.6) is 0 Å². The third-order valence-corrected chi connectivity index (χ3v) is 9.07. The summed E-state index contributed by atoms with van der Waals surface area (Å²) in [6, 6.07) is 2.56. The number of unbranched alkanes of at least 4 members (excludes halogenated alkanes) is 2. The number of aromatic nitrogens is 1. The Kier molecular flexibility index (Phi) is 9.70. The number of amides is 2. The molecule has 10 heteroatoms. The maximum absolute atomic E-state index is 13.2. The second kappa shape index (κ2) is 12.0. The molecule has 206 valence electrons. The Bertz CT molecular complexity index is 938. The average Bonchev–Trinajstić information content (AvgIpc) is 3.20. The monoisotopic (exact) mass is 534 g/mol. The molecule has 1 aliphatic heterocycles. The summed E-state index contributed by atoms with van der Waals surface area (Å²) in [4.78, 5) is 30.0. The van der Waals surface area contributed by atoms with Crippen LogP contribution in [0.15, 0.2) is 24.5 Å². The lowest BCUT2D eigenvalue weighted by atomic mass is 9.43. The van der Waals surface area contributed by atoms with Gasteiger partial charge < -0.3 is 38.1 Å². The number of hydrogen-bond donors (Lipinski definition) is 3. The molecule has 1 aromatic rings. The molecule has 5 rings (SSSR count). The molecule has 1 saturated heterocycles. The van der Waals surface area contributed by atoms with Crippen LogP contribution in [0.25, 0.3) is 0 Å². The molecular weight excluding hydrogens is 491 g/mol. The summed E-state index contributed by atoms with van der Waals surface area (Å²) < 4.78 is 13.1. The van der Waals surface area contributed by atoms with Gasteiger partial charge in [-0.2, -0.15) is 0 Å². The van der Waals surface area contributed by atoms with E-state index < -0.39 is 19.2 Å². The van der Waals surface area contributed by atoms with E-state index in [1.54, 1.807) is 19.3 Å². The Labute approximate surface area is 228 Å². The zero-order valence-electron chi connectivity index (χ0n) is 23.0. The maximum Gasteiger partial charge on any atom is 0.481 e. The number of carbonyl (C=O) groups is 2. The first-order valence-corrected chi connectivity index (χ1v) is 13.7. The van der Waals surface area contributed by atoms with E-state index in [1.165, 1.54) is 6.42 Å². The number of nitrogens with one attached hydrogen (secondary N) is 2. The lowest BCUT2D eigenvalue weighted by Gasteiger charge is -2.64. The molecule has 0 unspecified atom stereocenters. The van der Waals surface area contributed by atoms with Gasteiger partial charge in [0.05, 0.1) is 17.6 Å². The summed E-state index contributed by atoms with van der Waals surface area (Å²) in [7, 11) is -0.468. The molecular formula is C27H44BClN4O4. The molecule has 0 aromatic carbocycles. The topological polar surface area (TPSA) is 117 Å². The predicted octanol–water partition coefficient (Wildman–Crippen LogP) is -0.924. The van der Waals surface area contributed by atoms with Gasteiger partial charge in [0.15, 0.2) is 6.04 Å². The fourth-order valence-electron chi connectivity index (χ4n) is 6.56. The molecule has 37 heavy (non-hydrogen) atoms. The number of quaternary nitrogens is 1. The molecule has 2 heterocycles. The van der Waals surface area contributed by atoms with Crippen molar-refractivity contribution in [3.05, 3.63) is 30.1 Å². The van der Waals surface area contributed by atoms with E-state index in [2.05, 4.69) is 49.0 Å². The van der Waals surface area contributed by atoms with Crippen LogP contribution in [0.3, 0.4) is 0 Å². The molecule has 3 saturated carbocycles. The zero-order valence-corrected chi connectivity index (χ0v) is 23.7. The van der Waals surface area contributed by atoms with Gasteiger partial charge in [-0.3, -0.25) is 14.6 Å². The maximum atomic E-state index is 13.2. The lowest BCUT2D eigenvalue weighted by molar-refractivity contribution is -0.403. The smallest absolute Gasteiger partial charge is 0.481 e. The largest absolute Gasteiger partial charge is 1.00 e. The van der Waals surface area contributed by atoms with Gasteiger partial charge in [0.1, 0.15) is 6.04 Å². The van der Waals surface area contributed by atoms with Gasteiger partial charge in [-0.15, -0.1) is 0 Å². The highest BCUT2D eigenvalue weighted by Crippen LogP contribution is 2.65. The third-order valence-electron chi connectivity index (χ3n) is 9.07. The second-order valence-corrected chi connectivity index (χ2v) is 11.9. The summed E-state index contributed by atoms with van der Waals surface area (Å²) >= 11 is 0. The molecule has 4 fully saturated rings. The van der Waals surface area contributed by atoms with E-state index in [-0.39, 0.29) is 47.3 Å². The van der Waals surface area contributed by atoms with Crippen molar-refractivity contribution in [2.45, 2.75) is 109 Å². The average molecular weight is 535 g/mol. The highest BCUT2D eigenvalue weighted by atomic mass is 35.5. The molecule has 8 nitrogen and oxygen atoms in total. The van der Waals surface area contributed by atoms with E-state index in [0.717, 1.165) is 37.7 Å². The minimum Gasteiger partial charge on any atom is -1.00 e. The van der Waals surface area contributed by atoms with Crippen molar-refractivity contribution >= 4 is 18.9 Å². The minimum absolute atomic E-state index is 0. The summed E-state index contributed by atoms with van der Waals surface area (Å²) in [5.74, 6) is 0.414. The van der Waals surface area contributed by atoms with E-state index in [4.69, 9.17) is 9.31 Å². The highest BCUT2D eigenvalue weighted by molar-refractivity contribution is 6.47. The van der Waals surface area contributed by atoms with E-state index in [9.17, 15) is 9.59 Å².